The zero-order valence-corrected chi connectivity index (χ0v) is 7.23. The summed E-state index contributed by atoms with van der Waals surface area (Å²) in [7, 11) is 0. The third kappa shape index (κ3) is 2.79. The molecular weight excluding hydrogens is 191 g/mol. The predicted octanol–water partition coefficient (Wildman–Crippen LogP) is 2.02. The van der Waals surface area contributed by atoms with E-state index in [0.29, 0.717) is 5.56 Å². The fourth-order valence-corrected chi connectivity index (χ4v) is 0.896. The molecule has 74 valence electrons. The molecule has 0 saturated carbocycles. The second-order valence-corrected chi connectivity index (χ2v) is 2.58. The Morgan fingerprint density at radius 1 is 1.14 bits per heavy atom. The van der Waals surface area contributed by atoms with Crippen LogP contribution in [-0.4, -0.2) is 6.54 Å². The molecule has 0 saturated heterocycles. The number of alkyl halides is 3. The number of hydrogen-bond donors (Lipinski definition) is 1. The molecule has 0 aliphatic heterocycles. The summed E-state index contributed by atoms with van der Waals surface area (Å²) in [6.45, 7) is 0.195. The molecule has 1 nitrogen and oxygen atoms in total. The molecule has 0 bridgehead atoms. The summed E-state index contributed by atoms with van der Waals surface area (Å²) in [6, 6.07) is 4.65. The number of hydrogen-bond acceptors (Lipinski definition) is 1. The van der Waals surface area contributed by atoms with Gasteiger partial charge in [-0.1, -0.05) is 11.8 Å². The Bertz CT molecular complexity index is 354. The summed E-state index contributed by atoms with van der Waals surface area (Å²) in [5.41, 5.74) is 4.98. The van der Waals surface area contributed by atoms with E-state index in [2.05, 4.69) is 11.8 Å². The summed E-state index contributed by atoms with van der Waals surface area (Å²) >= 11 is 0. The first kappa shape index (κ1) is 10.6. The summed E-state index contributed by atoms with van der Waals surface area (Å²) < 4.78 is 36.3. The Labute approximate surface area is 79.7 Å². The Morgan fingerprint density at radius 3 is 2.14 bits per heavy atom. The molecule has 1 aromatic rings. The van der Waals surface area contributed by atoms with Crippen molar-refractivity contribution in [2.45, 2.75) is 6.18 Å². The molecule has 0 unspecified atom stereocenters. The molecule has 0 heterocycles. The van der Waals surface area contributed by atoms with Crippen LogP contribution in [0.4, 0.5) is 13.2 Å². The van der Waals surface area contributed by atoms with Crippen LogP contribution in [-0.2, 0) is 6.18 Å². The van der Waals surface area contributed by atoms with Crippen LogP contribution in [0.3, 0.4) is 0 Å². The second-order valence-electron chi connectivity index (χ2n) is 2.58. The van der Waals surface area contributed by atoms with E-state index in [-0.39, 0.29) is 6.54 Å². The molecule has 0 aliphatic rings. The van der Waals surface area contributed by atoms with Gasteiger partial charge in [0.05, 0.1) is 12.1 Å². The average Bonchev–Trinajstić information content (AvgIpc) is 2.14. The minimum Gasteiger partial charge on any atom is -0.320 e. The summed E-state index contributed by atoms with van der Waals surface area (Å²) in [4.78, 5) is 0. The molecule has 4 heteroatoms. The highest BCUT2D eigenvalue weighted by Gasteiger charge is 2.29. The maximum atomic E-state index is 12.1. The van der Waals surface area contributed by atoms with Gasteiger partial charge in [-0.2, -0.15) is 13.2 Å². The topological polar surface area (TPSA) is 26.0 Å². The van der Waals surface area contributed by atoms with Crippen LogP contribution in [0.15, 0.2) is 24.3 Å². The van der Waals surface area contributed by atoms with Gasteiger partial charge in [0.2, 0.25) is 0 Å². The van der Waals surface area contributed by atoms with Gasteiger partial charge in [0, 0.05) is 5.56 Å². The van der Waals surface area contributed by atoms with E-state index in [1.54, 1.807) is 0 Å². The molecule has 2 N–H and O–H groups in total. The fraction of sp³-hybridized carbons (Fsp3) is 0.200. The van der Waals surface area contributed by atoms with Crippen molar-refractivity contribution in [3.8, 4) is 11.8 Å². The van der Waals surface area contributed by atoms with E-state index in [0.717, 1.165) is 12.1 Å². The lowest BCUT2D eigenvalue weighted by molar-refractivity contribution is -0.137. The van der Waals surface area contributed by atoms with Crippen LogP contribution in [0, 0.1) is 11.8 Å². The molecule has 0 radical (unpaired) electrons. The van der Waals surface area contributed by atoms with Gasteiger partial charge in [-0.3, -0.25) is 0 Å². The Morgan fingerprint density at radius 2 is 1.71 bits per heavy atom. The third-order valence-corrected chi connectivity index (χ3v) is 1.55. The molecule has 0 amide bonds. The van der Waals surface area contributed by atoms with Crippen molar-refractivity contribution < 1.29 is 13.2 Å². The van der Waals surface area contributed by atoms with Crippen molar-refractivity contribution in [3.05, 3.63) is 35.4 Å². The Balaban J connectivity index is 2.89. The largest absolute Gasteiger partial charge is 0.416 e. The van der Waals surface area contributed by atoms with Crippen molar-refractivity contribution in [1.29, 1.82) is 0 Å². The Kier molecular flexibility index (Phi) is 3.15. The lowest BCUT2D eigenvalue weighted by Crippen LogP contribution is -2.04. The molecule has 0 spiro atoms. The molecule has 0 atom stereocenters. The van der Waals surface area contributed by atoms with Crippen LogP contribution in [0.2, 0.25) is 0 Å². The maximum absolute atomic E-state index is 12.1. The van der Waals surface area contributed by atoms with Gasteiger partial charge in [-0.15, -0.1) is 0 Å². The van der Waals surface area contributed by atoms with Crippen molar-refractivity contribution >= 4 is 0 Å². The van der Waals surface area contributed by atoms with Gasteiger partial charge in [0.15, 0.2) is 0 Å². The Hall–Kier alpha value is -1.47. The number of benzene rings is 1. The minimum absolute atomic E-state index is 0.195. The molecule has 14 heavy (non-hydrogen) atoms. The maximum Gasteiger partial charge on any atom is 0.416 e. The highest BCUT2D eigenvalue weighted by molar-refractivity contribution is 5.36. The zero-order chi connectivity index (χ0) is 10.6. The average molecular weight is 199 g/mol. The normalized spacial score (nSPS) is 10.6. The molecule has 1 aromatic carbocycles. The highest BCUT2D eigenvalue weighted by Crippen LogP contribution is 2.28. The van der Waals surface area contributed by atoms with E-state index in [1.807, 2.05) is 0 Å². The number of nitrogens with two attached hydrogens (primary N) is 1. The first-order valence-electron chi connectivity index (χ1n) is 3.90. The first-order valence-corrected chi connectivity index (χ1v) is 3.90. The quantitative estimate of drug-likeness (QED) is 0.635. The van der Waals surface area contributed by atoms with Gasteiger partial charge in [-0.05, 0) is 24.3 Å². The van der Waals surface area contributed by atoms with Crippen LogP contribution in [0.5, 0.6) is 0 Å². The van der Waals surface area contributed by atoms with Gasteiger partial charge in [0.1, 0.15) is 0 Å². The van der Waals surface area contributed by atoms with Gasteiger partial charge in [-0.25, -0.2) is 0 Å². The van der Waals surface area contributed by atoms with Crippen LogP contribution < -0.4 is 5.73 Å². The lowest BCUT2D eigenvalue weighted by atomic mass is 10.1. The number of rotatable bonds is 0. The third-order valence-electron chi connectivity index (χ3n) is 1.55. The summed E-state index contributed by atoms with van der Waals surface area (Å²) in [6.07, 6.45) is -4.29. The molecule has 1 rings (SSSR count). The second kappa shape index (κ2) is 4.16. The van der Waals surface area contributed by atoms with Crippen molar-refractivity contribution in [2.75, 3.05) is 6.54 Å². The summed E-state index contributed by atoms with van der Waals surface area (Å²) in [5.74, 6) is 5.20. The van der Waals surface area contributed by atoms with E-state index in [1.165, 1.54) is 12.1 Å². The van der Waals surface area contributed by atoms with Gasteiger partial charge >= 0.3 is 6.18 Å². The van der Waals surface area contributed by atoms with Gasteiger partial charge < -0.3 is 5.73 Å². The lowest BCUT2D eigenvalue weighted by Gasteiger charge is -2.05. The smallest absolute Gasteiger partial charge is 0.320 e. The standard InChI is InChI=1S/C10H8F3N/c11-10(12,13)9-5-3-8(4-6-9)2-1-7-14/h3-6H,7,14H2. The predicted molar refractivity (Wildman–Crippen MR) is 47.4 cm³/mol. The first-order chi connectivity index (χ1) is 6.54. The molecule has 0 fully saturated rings. The minimum atomic E-state index is -4.29. The van der Waals surface area contributed by atoms with Crippen LogP contribution >= 0.6 is 0 Å². The molecule has 0 aromatic heterocycles. The molecular formula is C10H8F3N. The number of halogens is 3. The van der Waals surface area contributed by atoms with Crippen LogP contribution in [0.1, 0.15) is 11.1 Å². The van der Waals surface area contributed by atoms with E-state index in [4.69, 9.17) is 5.73 Å². The monoisotopic (exact) mass is 199 g/mol. The van der Waals surface area contributed by atoms with Gasteiger partial charge in [0.25, 0.3) is 0 Å². The van der Waals surface area contributed by atoms with E-state index < -0.39 is 11.7 Å². The molecule has 0 aliphatic carbocycles. The zero-order valence-electron chi connectivity index (χ0n) is 7.23. The van der Waals surface area contributed by atoms with Crippen molar-refractivity contribution in [3.63, 3.8) is 0 Å². The van der Waals surface area contributed by atoms with E-state index >= 15 is 0 Å². The SMILES string of the molecule is NCC#Cc1ccc(C(F)(F)F)cc1. The highest BCUT2D eigenvalue weighted by atomic mass is 19.4. The van der Waals surface area contributed by atoms with Crippen molar-refractivity contribution in [1.82, 2.24) is 0 Å². The van der Waals surface area contributed by atoms with Crippen LogP contribution in [0.25, 0.3) is 0 Å². The van der Waals surface area contributed by atoms with E-state index in [9.17, 15) is 13.2 Å². The fourth-order valence-electron chi connectivity index (χ4n) is 0.896. The van der Waals surface area contributed by atoms with Crippen molar-refractivity contribution in [2.24, 2.45) is 5.73 Å². The summed E-state index contributed by atoms with van der Waals surface area (Å²) in [5, 5.41) is 0.